The van der Waals surface area contributed by atoms with Crippen LogP contribution >= 0.6 is 0 Å². The van der Waals surface area contributed by atoms with E-state index in [1.54, 1.807) is 17.0 Å². The SMILES string of the molecule is CCCCN1C(=O)N[C@@H](c2ccc(N)cc2)C(C(=O)OCC(C)C)=C1C. The van der Waals surface area contributed by atoms with Crippen LogP contribution < -0.4 is 11.1 Å². The highest BCUT2D eigenvalue weighted by Gasteiger charge is 2.36. The number of unbranched alkanes of at least 4 members (excludes halogenated alkanes) is 1. The second-order valence-corrected chi connectivity index (χ2v) is 7.05. The third-order valence-corrected chi connectivity index (χ3v) is 4.37. The number of urea groups is 1. The highest BCUT2D eigenvalue weighted by atomic mass is 16.5. The average molecular weight is 359 g/mol. The molecule has 1 aromatic rings. The number of nitrogen functional groups attached to an aromatic ring is 1. The van der Waals surface area contributed by atoms with E-state index in [0.717, 1.165) is 18.4 Å². The maximum atomic E-state index is 12.8. The van der Waals surface area contributed by atoms with Gasteiger partial charge in [0.25, 0.3) is 0 Å². The van der Waals surface area contributed by atoms with Crippen LogP contribution in [0.15, 0.2) is 35.5 Å². The number of benzene rings is 1. The molecule has 1 heterocycles. The zero-order chi connectivity index (χ0) is 19.3. The first-order valence-electron chi connectivity index (χ1n) is 9.16. The predicted octanol–water partition coefficient (Wildman–Crippen LogP) is 3.61. The molecule has 142 valence electrons. The Balaban J connectivity index is 2.41. The standard InChI is InChI=1S/C20H29N3O3/c1-5-6-11-23-14(4)17(19(24)26-12-13(2)3)18(22-20(23)25)15-7-9-16(21)10-8-15/h7-10,13,18H,5-6,11-12,21H2,1-4H3,(H,22,25)/t18-/m0/s1. The Morgan fingerprint density at radius 1 is 1.31 bits per heavy atom. The molecule has 0 saturated heterocycles. The number of allylic oxidation sites excluding steroid dienone is 1. The predicted molar refractivity (Wildman–Crippen MR) is 102 cm³/mol. The fourth-order valence-electron chi connectivity index (χ4n) is 2.89. The van der Waals surface area contributed by atoms with Gasteiger partial charge in [-0.2, -0.15) is 0 Å². The van der Waals surface area contributed by atoms with Crippen molar-refractivity contribution in [3.8, 4) is 0 Å². The van der Waals surface area contributed by atoms with Gasteiger partial charge in [0, 0.05) is 17.9 Å². The zero-order valence-corrected chi connectivity index (χ0v) is 16.0. The van der Waals surface area contributed by atoms with Crippen LogP contribution in [0.1, 0.15) is 52.1 Å². The lowest BCUT2D eigenvalue weighted by molar-refractivity contribution is -0.140. The molecule has 0 aromatic heterocycles. The highest BCUT2D eigenvalue weighted by Crippen LogP contribution is 2.32. The molecule has 1 aliphatic heterocycles. The van der Waals surface area contributed by atoms with E-state index in [1.165, 1.54) is 0 Å². The Labute approximate surface area is 155 Å². The fourth-order valence-corrected chi connectivity index (χ4v) is 2.89. The second-order valence-electron chi connectivity index (χ2n) is 7.05. The number of esters is 1. The number of anilines is 1. The summed E-state index contributed by atoms with van der Waals surface area (Å²) in [7, 11) is 0. The van der Waals surface area contributed by atoms with Crippen LogP contribution in [-0.2, 0) is 9.53 Å². The maximum Gasteiger partial charge on any atom is 0.338 e. The molecule has 0 radical (unpaired) electrons. The minimum atomic E-state index is -0.541. The number of nitrogens with two attached hydrogens (primary N) is 1. The number of ether oxygens (including phenoxy) is 1. The molecule has 0 spiro atoms. The van der Waals surface area contributed by atoms with Gasteiger partial charge in [-0.25, -0.2) is 9.59 Å². The van der Waals surface area contributed by atoms with E-state index in [4.69, 9.17) is 10.5 Å². The van der Waals surface area contributed by atoms with Crippen molar-refractivity contribution in [1.29, 1.82) is 0 Å². The molecular weight excluding hydrogens is 330 g/mol. The molecule has 1 aromatic carbocycles. The van der Waals surface area contributed by atoms with Gasteiger partial charge >= 0.3 is 12.0 Å². The summed E-state index contributed by atoms with van der Waals surface area (Å²) in [5.41, 5.74) is 8.33. The van der Waals surface area contributed by atoms with Crippen LogP contribution in [0.25, 0.3) is 0 Å². The van der Waals surface area contributed by atoms with Crippen LogP contribution in [0.3, 0.4) is 0 Å². The molecule has 26 heavy (non-hydrogen) atoms. The van der Waals surface area contributed by atoms with E-state index in [2.05, 4.69) is 12.2 Å². The first kappa shape index (κ1) is 19.8. The molecular formula is C20H29N3O3. The topological polar surface area (TPSA) is 84.7 Å². The summed E-state index contributed by atoms with van der Waals surface area (Å²) in [4.78, 5) is 27.0. The summed E-state index contributed by atoms with van der Waals surface area (Å²) in [6, 6.07) is 6.43. The summed E-state index contributed by atoms with van der Waals surface area (Å²) in [6.45, 7) is 8.77. The number of hydrogen-bond acceptors (Lipinski definition) is 4. The number of nitrogens with one attached hydrogen (secondary N) is 1. The van der Waals surface area contributed by atoms with Crippen molar-refractivity contribution in [2.45, 2.75) is 46.6 Å². The van der Waals surface area contributed by atoms with Gasteiger partial charge in [0.2, 0.25) is 0 Å². The van der Waals surface area contributed by atoms with Gasteiger partial charge in [0.15, 0.2) is 0 Å². The van der Waals surface area contributed by atoms with Crippen molar-refractivity contribution in [2.24, 2.45) is 5.92 Å². The normalized spacial score (nSPS) is 17.5. The van der Waals surface area contributed by atoms with E-state index >= 15 is 0 Å². The Morgan fingerprint density at radius 2 is 1.96 bits per heavy atom. The summed E-state index contributed by atoms with van der Waals surface area (Å²) in [6.07, 6.45) is 1.83. The van der Waals surface area contributed by atoms with E-state index in [1.807, 2.05) is 32.9 Å². The van der Waals surface area contributed by atoms with Crippen molar-refractivity contribution in [3.05, 3.63) is 41.1 Å². The number of rotatable bonds is 7. The van der Waals surface area contributed by atoms with Crippen molar-refractivity contribution >= 4 is 17.7 Å². The summed E-state index contributed by atoms with van der Waals surface area (Å²) in [5.74, 6) is -0.149. The summed E-state index contributed by atoms with van der Waals surface area (Å²) < 4.78 is 5.48. The van der Waals surface area contributed by atoms with Gasteiger partial charge in [0.05, 0.1) is 18.2 Å². The summed E-state index contributed by atoms with van der Waals surface area (Å²) >= 11 is 0. The first-order chi connectivity index (χ1) is 12.3. The van der Waals surface area contributed by atoms with Crippen molar-refractivity contribution in [3.63, 3.8) is 0 Å². The molecule has 3 N–H and O–H groups in total. The zero-order valence-electron chi connectivity index (χ0n) is 16.0. The van der Waals surface area contributed by atoms with E-state index in [9.17, 15) is 9.59 Å². The number of carbonyl (C=O) groups is 2. The number of amides is 2. The third kappa shape index (κ3) is 4.56. The lowest BCUT2D eigenvalue weighted by Gasteiger charge is -2.35. The molecule has 2 rings (SSSR count). The molecule has 1 atom stereocenters. The quantitative estimate of drug-likeness (QED) is 0.575. The fraction of sp³-hybridized carbons (Fsp3) is 0.500. The Morgan fingerprint density at radius 3 is 2.54 bits per heavy atom. The maximum absolute atomic E-state index is 12.8. The number of hydrogen-bond donors (Lipinski definition) is 2. The third-order valence-electron chi connectivity index (χ3n) is 4.37. The van der Waals surface area contributed by atoms with Crippen LogP contribution in [0, 0.1) is 5.92 Å². The number of nitrogens with zero attached hydrogens (tertiary/aromatic N) is 1. The van der Waals surface area contributed by atoms with Crippen LogP contribution in [-0.4, -0.2) is 30.1 Å². The van der Waals surface area contributed by atoms with Gasteiger partial charge in [-0.1, -0.05) is 39.3 Å². The monoisotopic (exact) mass is 359 g/mol. The second kappa shape index (κ2) is 8.74. The van der Waals surface area contributed by atoms with Gasteiger partial charge in [-0.3, -0.25) is 4.90 Å². The number of carbonyl (C=O) groups excluding carboxylic acids is 2. The van der Waals surface area contributed by atoms with Gasteiger partial charge < -0.3 is 15.8 Å². The minimum Gasteiger partial charge on any atom is -0.462 e. The van der Waals surface area contributed by atoms with Crippen LogP contribution in [0.5, 0.6) is 0 Å². The molecule has 1 aliphatic rings. The Bertz CT molecular complexity index is 680. The van der Waals surface area contributed by atoms with Crippen molar-refractivity contribution < 1.29 is 14.3 Å². The molecule has 0 bridgehead atoms. The van der Waals surface area contributed by atoms with E-state index < -0.39 is 6.04 Å². The van der Waals surface area contributed by atoms with Gasteiger partial charge in [-0.15, -0.1) is 0 Å². The first-order valence-corrected chi connectivity index (χ1v) is 9.16. The highest BCUT2D eigenvalue weighted by molar-refractivity contribution is 5.95. The lowest BCUT2D eigenvalue weighted by atomic mass is 9.94. The summed E-state index contributed by atoms with van der Waals surface area (Å²) in [5, 5.41) is 2.95. The molecule has 0 fully saturated rings. The molecule has 6 heteroatoms. The Hall–Kier alpha value is -2.50. The molecule has 0 saturated carbocycles. The van der Waals surface area contributed by atoms with Crippen LogP contribution in [0.4, 0.5) is 10.5 Å². The van der Waals surface area contributed by atoms with E-state index in [0.29, 0.717) is 30.1 Å². The molecule has 2 amide bonds. The molecule has 0 aliphatic carbocycles. The average Bonchev–Trinajstić information content (AvgIpc) is 2.59. The van der Waals surface area contributed by atoms with E-state index in [-0.39, 0.29) is 17.9 Å². The van der Waals surface area contributed by atoms with Gasteiger partial charge in [-0.05, 0) is 37.0 Å². The lowest BCUT2D eigenvalue weighted by Crippen LogP contribution is -2.48. The molecule has 6 nitrogen and oxygen atoms in total. The minimum absolute atomic E-state index is 0.196. The van der Waals surface area contributed by atoms with Crippen LogP contribution in [0.2, 0.25) is 0 Å². The van der Waals surface area contributed by atoms with Gasteiger partial charge in [0.1, 0.15) is 0 Å². The van der Waals surface area contributed by atoms with Crippen molar-refractivity contribution in [1.82, 2.24) is 10.2 Å². The molecule has 0 unspecified atom stereocenters. The Kier molecular flexibility index (Phi) is 6.66. The smallest absolute Gasteiger partial charge is 0.338 e. The largest absolute Gasteiger partial charge is 0.462 e. The van der Waals surface area contributed by atoms with Crippen molar-refractivity contribution in [2.75, 3.05) is 18.9 Å².